The van der Waals surface area contributed by atoms with Gasteiger partial charge in [0.2, 0.25) is 0 Å². The minimum absolute atomic E-state index is 0.106. The molecule has 0 radical (unpaired) electrons. The summed E-state index contributed by atoms with van der Waals surface area (Å²) in [6, 6.07) is 9.85. The molecule has 0 atom stereocenters. The van der Waals surface area contributed by atoms with Crippen molar-refractivity contribution < 1.29 is 9.18 Å². The molecule has 0 saturated heterocycles. The number of benzene rings is 2. The monoisotopic (exact) mass is 388 g/mol. The van der Waals surface area contributed by atoms with E-state index in [0.29, 0.717) is 11.3 Å². The Morgan fingerprint density at radius 3 is 2.71 bits per heavy atom. The summed E-state index contributed by atoms with van der Waals surface area (Å²) in [7, 11) is 0. The maximum absolute atomic E-state index is 13.1. The number of rotatable bonds is 4. The van der Waals surface area contributed by atoms with E-state index in [4.69, 9.17) is 17.4 Å². The first-order valence-corrected chi connectivity index (χ1v) is 8.04. The van der Waals surface area contributed by atoms with Gasteiger partial charge < -0.3 is 0 Å². The third-order valence-corrected chi connectivity index (χ3v) is 4.80. The SMILES string of the molecule is NNC(=O)c1ccc(CSc2ccc(F)c(Cl)c2)c(Br)c1. The van der Waals surface area contributed by atoms with Crippen molar-refractivity contribution in [1.29, 1.82) is 0 Å². The quantitative estimate of drug-likeness (QED) is 0.358. The van der Waals surface area contributed by atoms with Crippen molar-refractivity contribution in [3.05, 3.63) is 62.8 Å². The molecule has 110 valence electrons. The minimum atomic E-state index is -0.431. The summed E-state index contributed by atoms with van der Waals surface area (Å²) in [5.74, 6) is 4.97. The van der Waals surface area contributed by atoms with E-state index < -0.39 is 5.82 Å². The zero-order chi connectivity index (χ0) is 15.4. The summed E-state index contributed by atoms with van der Waals surface area (Å²) >= 11 is 10.7. The lowest BCUT2D eigenvalue weighted by Gasteiger charge is -2.07. The van der Waals surface area contributed by atoms with Crippen LogP contribution in [0, 0.1) is 5.82 Å². The molecule has 0 aromatic heterocycles. The number of hydrogen-bond donors (Lipinski definition) is 2. The topological polar surface area (TPSA) is 55.1 Å². The van der Waals surface area contributed by atoms with Gasteiger partial charge in [0.15, 0.2) is 0 Å². The standard InChI is InChI=1S/C14H11BrClFN2OS/c15-11-5-8(14(20)19-18)1-2-9(11)7-21-10-3-4-13(17)12(16)6-10/h1-6H,7,18H2,(H,19,20). The Kier molecular flexibility index (Phi) is 5.64. The van der Waals surface area contributed by atoms with Crippen molar-refractivity contribution >= 4 is 45.2 Å². The lowest BCUT2D eigenvalue weighted by Crippen LogP contribution is -2.29. The first-order chi connectivity index (χ1) is 10.0. The van der Waals surface area contributed by atoms with Crippen LogP contribution in [0.5, 0.6) is 0 Å². The maximum Gasteiger partial charge on any atom is 0.265 e. The zero-order valence-electron chi connectivity index (χ0n) is 10.7. The van der Waals surface area contributed by atoms with Gasteiger partial charge in [-0.1, -0.05) is 33.6 Å². The van der Waals surface area contributed by atoms with Gasteiger partial charge in [0.25, 0.3) is 5.91 Å². The van der Waals surface area contributed by atoms with Gasteiger partial charge in [0.1, 0.15) is 5.82 Å². The Labute approximate surface area is 139 Å². The van der Waals surface area contributed by atoms with Gasteiger partial charge in [0.05, 0.1) is 5.02 Å². The van der Waals surface area contributed by atoms with Crippen molar-refractivity contribution in [2.75, 3.05) is 0 Å². The predicted molar refractivity (Wildman–Crippen MR) is 86.8 cm³/mol. The highest BCUT2D eigenvalue weighted by Gasteiger charge is 2.08. The maximum atomic E-state index is 13.1. The molecule has 0 saturated carbocycles. The Morgan fingerprint density at radius 1 is 1.33 bits per heavy atom. The van der Waals surface area contributed by atoms with E-state index in [2.05, 4.69) is 21.4 Å². The number of nitrogens with one attached hydrogen (secondary N) is 1. The lowest BCUT2D eigenvalue weighted by molar-refractivity contribution is 0.0953. The lowest BCUT2D eigenvalue weighted by atomic mass is 10.1. The third kappa shape index (κ3) is 4.20. The molecule has 3 N–H and O–H groups in total. The fraction of sp³-hybridized carbons (Fsp3) is 0.0714. The van der Waals surface area contributed by atoms with Gasteiger partial charge in [-0.05, 0) is 35.9 Å². The molecule has 0 fully saturated rings. The van der Waals surface area contributed by atoms with Crippen molar-refractivity contribution in [3.63, 3.8) is 0 Å². The highest BCUT2D eigenvalue weighted by atomic mass is 79.9. The average Bonchev–Trinajstić information content (AvgIpc) is 2.48. The number of hydrogen-bond acceptors (Lipinski definition) is 3. The largest absolute Gasteiger partial charge is 0.290 e. The second kappa shape index (κ2) is 7.26. The highest BCUT2D eigenvalue weighted by Crippen LogP contribution is 2.29. The van der Waals surface area contributed by atoms with Crippen LogP contribution in [0.3, 0.4) is 0 Å². The van der Waals surface area contributed by atoms with Crippen LogP contribution in [0.1, 0.15) is 15.9 Å². The molecule has 0 aliphatic heterocycles. The summed E-state index contributed by atoms with van der Waals surface area (Å²) in [5.41, 5.74) is 3.57. The predicted octanol–water partition coefficient (Wildman–Crippen LogP) is 4.14. The number of hydrazine groups is 1. The van der Waals surface area contributed by atoms with Crippen LogP contribution in [0.4, 0.5) is 4.39 Å². The molecule has 2 rings (SSSR count). The second-order valence-corrected chi connectivity index (χ2v) is 6.45. The Balaban J connectivity index is 2.09. The zero-order valence-corrected chi connectivity index (χ0v) is 13.9. The van der Waals surface area contributed by atoms with Gasteiger partial charge in [0, 0.05) is 20.7 Å². The molecule has 2 aromatic rings. The summed E-state index contributed by atoms with van der Waals surface area (Å²) in [4.78, 5) is 12.3. The molecule has 1 amide bonds. The average molecular weight is 390 g/mol. The fourth-order valence-corrected chi connectivity index (χ4v) is 3.51. The van der Waals surface area contributed by atoms with Gasteiger partial charge in [-0.15, -0.1) is 11.8 Å². The number of nitrogen functional groups attached to an aromatic ring is 1. The molecule has 0 bridgehead atoms. The molecule has 21 heavy (non-hydrogen) atoms. The molecule has 2 aromatic carbocycles. The molecule has 0 heterocycles. The van der Waals surface area contributed by atoms with Crippen LogP contribution in [0.2, 0.25) is 5.02 Å². The molecule has 0 spiro atoms. The fourth-order valence-electron chi connectivity index (χ4n) is 1.62. The van der Waals surface area contributed by atoms with Gasteiger partial charge in [-0.25, -0.2) is 10.2 Å². The van der Waals surface area contributed by atoms with Crippen LogP contribution in [-0.4, -0.2) is 5.91 Å². The molecular weight excluding hydrogens is 379 g/mol. The number of carbonyl (C=O) groups is 1. The van der Waals surface area contributed by atoms with Gasteiger partial charge >= 0.3 is 0 Å². The van der Waals surface area contributed by atoms with Crippen LogP contribution >= 0.6 is 39.3 Å². The normalized spacial score (nSPS) is 10.5. The molecule has 0 aliphatic carbocycles. The van der Waals surface area contributed by atoms with E-state index in [9.17, 15) is 9.18 Å². The second-order valence-electron chi connectivity index (χ2n) is 4.14. The molecule has 0 unspecified atom stereocenters. The number of amides is 1. The van der Waals surface area contributed by atoms with Gasteiger partial charge in [-0.3, -0.25) is 10.2 Å². The third-order valence-electron chi connectivity index (χ3n) is 2.73. The first kappa shape index (κ1) is 16.3. The number of nitrogens with two attached hydrogens (primary N) is 1. The Morgan fingerprint density at radius 2 is 2.10 bits per heavy atom. The molecule has 3 nitrogen and oxygen atoms in total. The van der Waals surface area contributed by atoms with E-state index in [-0.39, 0.29) is 10.9 Å². The van der Waals surface area contributed by atoms with E-state index in [1.165, 1.54) is 17.8 Å². The van der Waals surface area contributed by atoms with Crippen LogP contribution < -0.4 is 11.3 Å². The molecule has 0 aliphatic rings. The van der Waals surface area contributed by atoms with E-state index in [0.717, 1.165) is 14.9 Å². The summed E-state index contributed by atoms with van der Waals surface area (Å²) in [5, 5.41) is 0.106. The smallest absolute Gasteiger partial charge is 0.265 e. The van der Waals surface area contributed by atoms with Crippen molar-refractivity contribution in [2.24, 2.45) is 5.84 Å². The van der Waals surface area contributed by atoms with E-state index in [1.54, 1.807) is 24.3 Å². The van der Waals surface area contributed by atoms with Crippen molar-refractivity contribution in [1.82, 2.24) is 5.43 Å². The van der Waals surface area contributed by atoms with Crippen molar-refractivity contribution in [3.8, 4) is 0 Å². The molecular formula is C14H11BrClFN2OS. The highest BCUT2D eigenvalue weighted by molar-refractivity contribution is 9.10. The Bertz CT molecular complexity index is 684. The number of thioether (sulfide) groups is 1. The van der Waals surface area contributed by atoms with Crippen LogP contribution in [-0.2, 0) is 5.75 Å². The van der Waals surface area contributed by atoms with Crippen LogP contribution in [0.15, 0.2) is 45.8 Å². The van der Waals surface area contributed by atoms with Gasteiger partial charge in [-0.2, -0.15) is 0 Å². The Hall–Kier alpha value is -1.08. The first-order valence-electron chi connectivity index (χ1n) is 5.88. The van der Waals surface area contributed by atoms with Crippen molar-refractivity contribution in [2.45, 2.75) is 10.6 Å². The summed E-state index contributed by atoms with van der Waals surface area (Å²) in [6.07, 6.45) is 0. The number of halogens is 3. The summed E-state index contributed by atoms with van der Waals surface area (Å²) < 4.78 is 13.9. The van der Waals surface area contributed by atoms with E-state index >= 15 is 0 Å². The van der Waals surface area contributed by atoms with E-state index in [1.807, 2.05) is 6.07 Å². The molecule has 7 heteroatoms. The van der Waals surface area contributed by atoms with Crippen LogP contribution in [0.25, 0.3) is 0 Å². The number of carbonyl (C=O) groups excluding carboxylic acids is 1. The summed E-state index contributed by atoms with van der Waals surface area (Å²) in [6.45, 7) is 0. The minimum Gasteiger partial charge on any atom is -0.290 e.